The smallest absolute Gasteiger partial charge is 0.243 e. The van der Waals surface area contributed by atoms with Gasteiger partial charge in [0.25, 0.3) is 0 Å². The van der Waals surface area contributed by atoms with E-state index < -0.39 is 0 Å². The molecule has 0 spiro atoms. The van der Waals surface area contributed by atoms with Crippen molar-refractivity contribution in [3.8, 4) is 0 Å². The third kappa shape index (κ3) is 3.66. The van der Waals surface area contributed by atoms with Crippen LogP contribution in [0.15, 0.2) is 0 Å². The van der Waals surface area contributed by atoms with Gasteiger partial charge in [-0.05, 0) is 25.7 Å². The number of rotatable bonds is 5. The van der Waals surface area contributed by atoms with E-state index in [0.717, 1.165) is 19.4 Å². The molecule has 2 fully saturated rings. The number of nitrogens with one attached hydrogen (secondary N) is 1. The van der Waals surface area contributed by atoms with Crippen LogP contribution in [-0.4, -0.2) is 51.6 Å². The summed E-state index contributed by atoms with van der Waals surface area (Å²) in [6.07, 6.45) is 2.13. The Hall–Kier alpha value is 0.130. The number of carbonyl (C=O) groups is 1. The number of amides is 1. The second-order valence-electron chi connectivity index (χ2n) is 6.50. The van der Waals surface area contributed by atoms with Gasteiger partial charge in [0.2, 0.25) is 5.91 Å². The number of carbonyl (C=O) groups excluding carboxylic acids is 1. The highest BCUT2D eigenvalue weighted by Crippen LogP contribution is 2.31. The SMILES string of the molecule is CCC1(C)NC(CC(C)C)N(CC2CSCCS2)C1=O. The molecular weight excluding hydrogens is 288 g/mol. The molecule has 2 aliphatic rings. The van der Waals surface area contributed by atoms with Crippen LogP contribution in [0, 0.1) is 5.92 Å². The van der Waals surface area contributed by atoms with Crippen molar-refractivity contribution >= 4 is 29.4 Å². The third-order valence-electron chi connectivity index (χ3n) is 4.28. The lowest BCUT2D eigenvalue weighted by molar-refractivity contribution is -0.133. The Morgan fingerprint density at radius 2 is 2.20 bits per heavy atom. The van der Waals surface area contributed by atoms with Crippen molar-refractivity contribution in [1.82, 2.24) is 10.2 Å². The van der Waals surface area contributed by atoms with E-state index in [1.165, 1.54) is 17.3 Å². The number of hydrogen-bond donors (Lipinski definition) is 1. The molecule has 20 heavy (non-hydrogen) atoms. The van der Waals surface area contributed by atoms with Gasteiger partial charge in [-0.1, -0.05) is 20.8 Å². The molecule has 0 aliphatic carbocycles. The Morgan fingerprint density at radius 3 is 2.75 bits per heavy atom. The molecule has 1 amide bonds. The Morgan fingerprint density at radius 1 is 1.45 bits per heavy atom. The summed E-state index contributed by atoms with van der Waals surface area (Å²) in [5, 5.41) is 4.20. The largest absolute Gasteiger partial charge is 0.324 e. The molecule has 2 rings (SSSR count). The van der Waals surface area contributed by atoms with Gasteiger partial charge in [0.15, 0.2) is 0 Å². The first-order valence-electron chi connectivity index (χ1n) is 7.74. The Kier molecular flexibility index (Phi) is 5.71. The summed E-state index contributed by atoms with van der Waals surface area (Å²) in [6, 6.07) is 0. The zero-order chi connectivity index (χ0) is 14.8. The molecule has 116 valence electrons. The van der Waals surface area contributed by atoms with Crippen LogP contribution in [-0.2, 0) is 4.79 Å². The number of thioether (sulfide) groups is 2. The zero-order valence-corrected chi connectivity index (χ0v) is 14.8. The standard InChI is InChI=1S/C15H28N2OS2/c1-5-15(4)14(18)17(13(16-15)8-11(2)3)9-12-10-19-6-7-20-12/h11-13,16H,5-10H2,1-4H3. The minimum atomic E-state index is -0.355. The van der Waals surface area contributed by atoms with Gasteiger partial charge in [0.1, 0.15) is 0 Å². The van der Waals surface area contributed by atoms with E-state index >= 15 is 0 Å². The molecule has 5 heteroatoms. The summed E-state index contributed by atoms with van der Waals surface area (Å²) < 4.78 is 0. The van der Waals surface area contributed by atoms with Crippen molar-refractivity contribution in [2.45, 2.75) is 57.5 Å². The summed E-state index contributed by atoms with van der Waals surface area (Å²) >= 11 is 4.07. The van der Waals surface area contributed by atoms with Gasteiger partial charge >= 0.3 is 0 Å². The van der Waals surface area contributed by atoms with E-state index in [9.17, 15) is 4.79 Å². The van der Waals surface area contributed by atoms with Crippen molar-refractivity contribution in [2.24, 2.45) is 5.92 Å². The first-order chi connectivity index (χ1) is 9.46. The highest BCUT2D eigenvalue weighted by molar-refractivity contribution is 8.06. The molecule has 0 saturated carbocycles. The van der Waals surface area contributed by atoms with Crippen LogP contribution in [0.1, 0.15) is 40.5 Å². The van der Waals surface area contributed by atoms with Gasteiger partial charge in [-0.15, -0.1) is 0 Å². The van der Waals surface area contributed by atoms with Crippen LogP contribution in [0.2, 0.25) is 0 Å². The summed E-state index contributed by atoms with van der Waals surface area (Å²) in [4.78, 5) is 14.9. The molecule has 0 aromatic heterocycles. The van der Waals surface area contributed by atoms with Crippen LogP contribution < -0.4 is 5.32 Å². The fourth-order valence-corrected chi connectivity index (χ4v) is 5.59. The van der Waals surface area contributed by atoms with Crippen molar-refractivity contribution in [2.75, 3.05) is 23.8 Å². The highest BCUT2D eigenvalue weighted by atomic mass is 32.2. The second kappa shape index (κ2) is 6.93. The molecule has 2 heterocycles. The molecule has 3 atom stereocenters. The topological polar surface area (TPSA) is 32.3 Å². The Bertz CT molecular complexity index is 345. The van der Waals surface area contributed by atoms with E-state index in [2.05, 4.69) is 37.9 Å². The minimum Gasteiger partial charge on any atom is -0.324 e. The lowest BCUT2D eigenvalue weighted by Gasteiger charge is -2.31. The number of hydrogen-bond acceptors (Lipinski definition) is 4. The van der Waals surface area contributed by atoms with Crippen LogP contribution in [0.5, 0.6) is 0 Å². The van der Waals surface area contributed by atoms with E-state index in [-0.39, 0.29) is 11.7 Å². The van der Waals surface area contributed by atoms with Crippen LogP contribution in [0.3, 0.4) is 0 Å². The number of nitrogens with zero attached hydrogens (tertiary/aromatic N) is 1. The van der Waals surface area contributed by atoms with Gasteiger partial charge < -0.3 is 4.90 Å². The average Bonchev–Trinajstić information content (AvgIpc) is 2.65. The van der Waals surface area contributed by atoms with Gasteiger partial charge in [-0.2, -0.15) is 23.5 Å². The molecular formula is C15H28N2OS2. The van der Waals surface area contributed by atoms with E-state index in [1.807, 2.05) is 23.5 Å². The van der Waals surface area contributed by atoms with Gasteiger partial charge in [-0.3, -0.25) is 10.1 Å². The molecule has 2 aliphatic heterocycles. The van der Waals surface area contributed by atoms with Crippen molar-refractivity contribution < 1.29 is 4.79 Å². The van der Waals surface area contributed by atoms with Crippen molar-refractivity contribution in [1.29, 1.82) is 0 Å². The summed E-state index contributed by atoms with van der Waals surface area (Å²) in [7, 11) is 0. The lowest BCUT2D eigenvalue weighted by atomic mass is 9.99. The average molecular weight is 317 g/mol. The van der Waals surface area contributed by atoms with Crippen LogP contribution in [0.25, 0.3) is 0 Å². The maximum absolute atomic E-state index is 12.8. The van der Waals surface area contributed by atoms with Gasteiger partial charge in [0, 0.05) is 29.1 Å². The molecule has 0 bridgehead atoms. The monoisotopic (exact) mass is 316 g/mol. The fourth-order valence-electron chi connectivity index (χ4n) is 2.92. The molecule has 0 aromatic rings. The van der Waals surface area contributed by atoms with Crippen LogP contribution >= 0.6 is 23.5 Å². The normalized spacial score (nSPS) is 35.0. The summed E-state index contributed by atoms with van der Waals surface area (Å²) in [5.41, 5.74) is -0.355. The quantitative estimate of drug-likeness (QED) is 0.845. The Balaban J connectivity index is 2.06. The highest BCUT2D eigenvalue weighted by Gasteiger charge is 2.47. The molecule has 1 N–H and O–H groups in total. The van der Waals surface area contributed by atoms with E-state index in [0.29, 0.717) is 17.1 Å². The van der Waals surface area contributed by atoms with Crippen molar-refractivity contribution in [3.63, 3.8) is 0 Å². The Labute approximate surface area is 132 Å². The lowest BCUT2D eigenvalue weighted by Crippen LogP contribution is -2.44. The molecule has 0 radical (unpaired) electrons. The molecule has 2 saturated heterocycles. The zero-order valence-electron chi connectivity index (χ0n) is 13.1. The van der Waals surface area contributed by atoms with Crippen LogP contribution in [0.4, 0.5) is 0 Å². The predicted octanol–water partition coefficient (Wildman–Crippen LogP) is 2.81. The summed E-state index contributed by atoms with van der Waals surface area (Å²) in [6.45, 7) is 9.54. The second-order valence-corrected chi connectivity index (χ2v) is 9.06. The first kappa shape index (κ1) is 16.5. The predicted molar refractivity (Wildman–Crippen MR) is 90.4 cm³/mol. The molecule has 3 nitrogen and oxygen atoms in total. The van der Waals surface area contributed by atoms with Gasteiger partial charge in [0.05, 0.1) is 11.7 Å². The van der Waals surface area contributed by atoms with Crippen molar-refractivity contribution in [3.05, 3.63) is 0 Å². The fraction of sp³-hybridized carbons (Fsp3) is 0.933. The molecule has 0 aromatic carbocycles. The van der Waals surface area contributed by atoms with Gasteiger partial charge in [-0.25, -0.2) is 0 Å². The summed E-state index contributed by atoms with van der Waals surface area (Å²) in [5.74, 6) is 4.59. The maximum Gasteiger partial charge on any atom is 0.243 e. The minimum absolute atomic E-state index is 0.222. The molecule has 3 unspecified atom stereocenters. The third-order valence-corrected chi connectivity index (χ3v) is 7.11. The maximum atomic E-state index is 12.8. The van der Waals surface area contributed by atoms with E-state index in [4.69, 9.17) is 0 Å². The first-order valence-corrected chi connectivity index (χ1v) is 9.94. The van der Waals surface area contributed by atoms with E-state index in [1.54, 1.807) is 0 Å².